The van der Waals surface area contributed by atoms with Gasteiger partial charge in [-0.15, -0.1) is 11.6 Å². The van der Waals surface area contributed by atoms with Crippen LogP contribution in [0.4, 0.5) is 5.69 Å². The van der Waals surface area contributed by atoms with Crippen LogP contribution in [0.3, 0.4) is 0 Å². The molecule has 1 amide bonds. The van der Waals surface area contributed by atoms with Gasteiger partial charge in [0.1, 0.15) is 11.2 Å². The van der Waals surface area contributed by atoms with Crippen LogP contribution in [0, 0.1) is 0 Å². The van der Waals surface area contributed by atoms with Crippen LogP contribution in [0.1, 0.15) is 21.6 Å². The molecule has 3 aromatic rings. The molecule has 0 fully saturated rings. The van der Waals surface area contributed by atoms with E-state index in [1.54, 1.807) is 29.9 Å². The number of carbonyl (C=O) groups is 1. The molecule has 1 aliphatic heterocycles. The molecule has 30 heavy (non-hydrogen) atoms. The zero-order chi connectivity index (χ0) is 21.8. The van der Waals surface area contributed by atoms with Gasteiger partial charge in [0.15, 0.2) is 9.84 Å². The minimum Gasteiger partial charge on any atom is -0.380 e. The molecule has 1 aliphatic rings. The van der Waals surface area contributed by atoms with Gasteiger partial charge in [-0.3, -0.25) is 9.59 Å². The van der Waals surface area contributed by atoms with Gasteiger partial charge in [0, 0.05) is 66.2 Å². The van der Waals surface area contributed by atoms with Crippen LogP contribution in [0.5, 0.6) is 0 Å². The fourth-order valence-electron chi connectivity index (χ4n) is 4.18. The van der Waals surface area contributed by atoms with Crippen molar-refractivity contribution in [3.8, 4) is 11.1 Å². The molecule has 0 aliphatic carbocycles. The van der Waals surface area contributed by atoms with E-state index in [0.717, 1.165) is 16.8 Å². The first kappa shape index (κ1) is 20.5. The molecule has 8 nitrogen and oxygen atoms in total. The Morgan fingerprint density at radius 2 is 2.03 bits per heavy atom. The van der Waals surface area contributed by atoms with Crippen molar-refractivity contribution in [1.29, 1.82) is 0 Å². The maximum Gasteiger partial charge on any atom is 0.274 e. The number of fused-ring (bicyclic) bond motifs is 2. The van der Waals surface area contributed by atoms with Crippen LogP contribution in [0.25, 0.3) is 22.0 Å². The highest BCUT2D eigenvalue weighted by molar-refractivity contribution is 7.89. The summed E-state index contributed by atoms with van der Waals surface area (Å²) in [6.45, 7) is 0.554. The van der Waals surface area contributed by atoms with E-state index in [1.807, 2.05) is 6.07 Å². The number of aromatic nitrogens is 2. The van der Waals surface area contributed by atoms with Crippen LogP contribution in [0.2, 0.25) is 0 Å². The Hall–Kier alpha value is -2.78. The number of pyridine rings is 1. The number of nitrogens with two attached hydrogens (primary N) is 1. The third-order valence-corrected chi connectivity index (χ3v) is 6.31. The van der Waals surface area contributed by atoms with Gasteiger partial charge in [0.25, 0.3) is 11.5 Å². The zero-order valence-electron chi connectivity index (χ0n) is 16.5. The Balaban J connectivity index is 2.12. The van der Waals surface area contributed by atoms with Gasteiger partial charge >= 0.3 is 0 Å². The lowest BCUT2D eigenvalue weighted by Gasteiger charge is -2.14. The standard InChI is InChI=1S/C20H21ClN4O4S/c1-24-9-14-12-7-11(10-30(2,28)29)3-4-15(12)23-8-13-16(14)18(20(24)27)25(6-5-21)17(13)19(22)26/h3-4,7,9,23H,5-6,8,10H2,1-2H3,(H2,22,26). The Labute approximate surface area is 178 Å². The lowest BCUT2D eigenvalue weighted by Crippen LogP contribution is -2.23. The summed E-state index contributed by atoms with van der Waals surface area (Å²) in [6.07, 6.45) is 2.89. The second kappa shape index (κ2) is 7.17. The number of nitrogens with one attached hydrogen (secondary N) is 1. The number of sulfone groups is 1. The number of carbonyl (C=O) groups excluding carboxylic acids is 1. The van der Waals surface area contributed by atoms with Crippen LogP contribution >= 0.6 is 11.6 Å². The van der Waals surface area contributed by atoms with E-state index in [-0.39, 0.29) is 29.4 Å². The largest absolute Gasteiger partial charge is 0.380 e. The number of hydrogen-bond donors (Lipinski definition) is 2. The van der Waals surface area contributed by atoms with Gasteiger partial charge in [-0.25, -0.2) is 8.42 Å². The van der Waals surface area contributed by atoms with Crippen LogP contribution in [-0.2, 0) is 35.7 Å². The van der Waals surface area contributed by atoms with E-state index < -0.39 is 15.7 Å². The Kier molecular flexibility index (Phi) is 4.90. The molecule has 4 rings (SSSR count). The van der Waals surface area contributed by atoms with E-state index in [0.29, 0.717) is 28.6 Å². The number of aryl methyl sites for hydroxylation is 2. The van der Waals surface area contributed by atoms with Crippen molar-refractivity contribution in [3.63, 3.8) is 0 Å². The highest BCUT2D eigenvalue weighted by Crippen LogP contribution is 2.40. The van der Waals surface area contributed by atoms with Crippen molar-refractivity contribution in [1.82, 2.24) is 9.13 Å². The van der Waals surface area contributed by atoms with Crippen molar-refractivity contribution < 1.29 is 13.2 Å². The molecular weight excluding hydrogens is 428 g/mol. The molecule has 2 aromatic heterocycles. The molecular formula is C20H21ClN4O4S. The number of nitrogens with zero attached hydrogens (tertiary/aromatic N) is 2. The first-order valence-corrected chi connectivity index (χ1v) is 11.9. The predicted molar refractivity (Wildman–Crippen MR) is 118 cm³/mol. The van der Waals surface area contributed by atoms with Gasteiger partial charge in [-0.05, 0) is 17.7 Å². The van der Waals surface area contributed by atoms with E-state index in [4.69, 9.17) is 17.3 Å². The second-order valence-electron chi connectivity index (χ2n) is 7.52. The molecule has 3 N–H and O–H groups in total. The highest BCUT2D eigenvalue weighted by Gasteiger charge is 2.28. The van der Waals surface area contributed by atoms with Crippen molar-refractivity contribution in [2.45, 2.75) is 18.8 Å². The Morgan fingerprint density at radius 3 is 2.67 bits per heavy atom. The van der Waals surface area contributed by atoms with Gasteiger partial charge < -0.3 is 20.2 Å². The summed E-state index contributed by atoms with van der Waals surface area (Å²) in [5.74, 6) is -0.522. The molecule has 1 aromatic carbocycles. The first-order chi connectivity index (χ1) is 14.1. The van der Waals surface area contributed by atoms with Crippen molar-refractivity contribution >= 4 is 43.9 Å². The minimum absolute atomic E-state index is 0.0954. The van der Waals surface area contributed by atoms with Gasteiger partial charge in [-0.1, -0.05) is 6.07 Å². The number of hydrogen-bond acceptors (Lipinski definition) is 5. The molecule has 0 saturated carbocycles. The van der Waals surface area contributed by atoms with E-state index in [9.17, 15) is 18.0 Å². The Bertz CT molecular complexity index is 1370. The first-order valence-electron chi connectivity index (χ1n) is 9.27. The highest BCUT2D eigenvalue weighted by atomic mass is 35.5. The minimum atomic E-state index is -3.22. The molecule has 3 heterocycles. The van der Waals surface area contributed by atoms with E-state index in [2.05, 4.69) is 5.32 Å². The molecule has 0 radical (unpaired) electrons. The summed E-state index contributed by atoms with van der Waals surface area (Å²) in [6, 6.07) is 5.38. The van der Waals surface area contributed by atoms with Crippen LogP contribution < -0.4 is 16.6 Å². The lowest BCUT2D eigenvalue weighted by molar-refractivity contribution is 0.0991. The average Bonchev–Trinajstić information content (AvgIpc) is 2.89. The fraction of sp³-hybridized carbons (Fsp3) is 0.300. The topological polar surface area (TPSA) is 116 Å². The van der Waals surface area contributed by atoms with Crippen LogP contribution in [-0.4, -0.2) is 35.6 Å². The number of benzene rings is 1. The smallest absolute Gasteiger partial charge is 0.274 e. The quantitative estimate of drug-likeness (QED) is 0.577. The SMILES string of the molecule is Cn1cc2c3c(c(C(N)=O)n(CCCl)c3c1=O)CNc1ccc(CS(C)(=O)=O)cc1-2. The number of amides is 1. The Morgan fingerprint density at radius 1 is 1.30 bits per heavy atom. The van der Waals surface area contributed by atoms with Gasteiger partial charge in [0.2, 0.25) is 0 Å². The monoisotopic (exact) mass is 448 g/mol. The maximum atomic E-state index is 13.0. The molecule has 0 atom stereocenters. The van der Waals surface area contributed by atoms with Crippen molar-refractivity contribution in [2.24, 2.45) is 12.8 Å². The number of rotatable bonds is 5. The fourth-order valence-corrected chi connectivity index (χ4v) is 5.13. The number of primary amides is 1. The lowest BCUT2D eigenvalue weighted by atomic mass is 9.99. The van der Waals surface area contributed by atoms with Crippen molar-refractivity contribution in [2.75, 3.05) is 17.5 Å². The summed E-state index contributed by atoms with van der Waals surface area (Å²) >= 11 is 5.95. The van der Waals surface area contributed by atoms with Gasteiger partial charge in [0.05, 0.1) is 5.75 Å². The zero-order valence-corrected chi connectivity index (χ0v) is 18.1. The number of anilines is 1. The third kappa shape index (κ3) is 3.27. The molecule has 0 bridgehead atoms. The molecule has 0 saturated heterocycles. The summed E-state index contributed by atoms with van der Waals surface area (Å²) in [4.78, 5) is 25.4. The van der Waals surface area contributed by atoms with Gasteiger partial charge in [-0.2, -0.15) is 0 Å². The number of alkyl halides is 1. The maximum absolute atomic E-state index is 13.0. The summed E-state index contributed by atoms with van der Waals surface area (Å²) in [7, 11) is -1.58. The van der Waals surface area contributed by atoms with E-state index in [1.165, 1.54) is 10.8 Å². The molecule has 0 spiro atoms. The second-order valence-corrected chi connectivity index (χ2v) is 10.0. The summed E-state index contributed by atoms with van der Waals surface area (Å²) in [5.41, 5.74) is 9.59. The molecule has 10 heteroatoms. The van der Waals surface area contributed by atoms with Crippen molar-refractivity contribution in [3.05, 3.63) is 51.6 Å². The normalized spacial score (nSPS) is 13.0. The number of halogens is 1. The average molecular weight is 449 g/mol. The predicted octanol–water partition coefficient (Wildman–Crippen LogP) is 1.81. The third-order valence-electron chi connectivity index (χ3n) is 5.28. The van der Waals surface area contributed by atoms with E-state index >= 15 is 0 Å². The summed E-state index contributed by atoms with van der Waals surface area (Å²) < 4.78 is 26.6. The summed E-state index contributed by atoms with van der Waals surface area (Å²) in [5, 5.41) is 3.94. The van der Waals surface area contributed by atoms with Crippen LogP contribution in [0.15, 0.2) is 29.2 Å². The molecule has 0 unspecified atom stereocenters. The molecule has 158 valence electrons.